The molecule has 2 aromatic rings. The number of nitrogens with zero attached hydrogens (tertiary/aromatic N) is 3. The van der Waals surface area contributed by atoms with Crippen molar-refractivity contribution in [2.45, 2.75) is 62.7 Å². The number of benzene rings is 1. The fourth-order valence-corrected chi connectivity index (χ4v) is 6.87. The van der Waals surface area contributed by atoms with Gasteiger partial charge < -0.3 is 15.1 Å². The third-order valence-electron chi connectivity index (χ3n) is 8.72. The molecule has 3 aliphatic heterocycles. The second kappa shape index (κ2) is 8.71. The number of piperidine rings is 1. The van der Waals surface area contributed by atoms with Gasteiger partial charge in [-0.05, 0) is 49.5 Å². The van der Waals surface area contributed by atoms with E-state index >= 15 is 0 Å². The Kier molecular flexibility index (Phi) is 5.66. The molecule has 1 N–H and O–H groups in total. The fourth-order valence-electron chi connectivity index (χ4n) is 6.87. The number of nitrogens with one attached hydrogen (secondary N) is 1. The Balaban J connectivity index is 1.38. The molecule has 1 saturated heterocycles. The van der Waals surface area contributed by atoms with Crippen LogP contribution in [0.5, 0.6) is 0 Å². The van der Waals surface area contributed by atoms with Crippen LogP contribution in [0.2, 0.25) is 0 Å². The predicted octanol–water partition coefficient (Wildman–Crippen LogP) is 4.84. The number of aryl methyl sites for hydroxylation is 1. The van der Waals surface area contributed by atoms with Crippen molar-refractivity contribution in [1.29, 1.82) is 0 Å². The number of hydrogen-bond acceptors (Lipinski definition) is 4. The van der Waals surface area contributed by atoms with Crippen molar-refractivity contribution in [3.8, 4) is 0 Å². The standard InChI is InChI=1S/C29H29F3N4O2/c1-17-7-3-4-9-20(17)21-13-23(26(37)36(18(21)2)16-29(30,31)32)35-12-6-8-19-14-28(15-24(19)35)22-10-5-11-33-25(22)34-27(28)38/h3-11,18,21,23H,12-16H2,1-2H3,(H,33,34,38)/t18-,21-,23+,28+/m1/s1. The molecule has 0 radical (unpaired) electrons. The van der Waals surface area contributed by atoms with E-state index in [1.54, 1.807) is 19.2 Å². The minimum Gasteiger partial charge on any atom is -0.359 e. The molecule has 4 atom stereocenters. The molecule has 1 aliphatic carbocycles. The van der Waals surface area contributed by atoms with Crippen LogP contribution in [-0.2, 0) is 15.0 Å². The highest BCUT2D eigenvalue weighted by Gasteiger charge is 2.54. The molecular formula is C29H29F3N4O2. The predicted molar refractivity (Wildman–Crippen MR) is 136 cm³/mol. The van der Waals surface area contributed by atoms with Crippen LogP contribution in [0, 0.1) is 6.92 Å². The summed E-state index contributed by atoms with van der Waals surface area (Å²) >= 11 is 0. The third-order valence-corrected chi connectivity index (χ3v) is 8.72. The van der Waals surface area contributed by atoms with Gasteiger partial charge in [-0.25, -0.2) is 4.98 Å². The van der Waals surface area contributed by atoms with Crippen LogP contribution in [0.1, 0.15) is 48.8 Å². The highest BCUT2D eigenvalue weighted by molar-refractivity contribution is 6.06. The van der Waals surface area contributed by atoms with E-state index in [1.165, 1.54) is 0 Å². The Morgan fingerprint density at radius 2 is 1.92 bits per heavy atom. The Morgan fingerprint density at radius 3 is 2.68 bits per heavy atom. The number of carbonyl (C=O) groups excluding carboxylic acids is 2. The maximum absolute atomic E-state index is 13.8. The van der Waals surface area contributed by atoms with Crippen LogP contribution in [0.3, 0.4) is 0 Å². The molecule has 0 unspecified atom stereocenters. The van der Waals surface area contributed by atoms with E-state index in [4.69, 9.17) is 0 Å². The molecule has 0 bridgehead atoms. The van der Waals surface area contributed by atoms with Crippen molar-refractivity contribution < 1.29 is 22.8 Å². The van der Waals surface area contributed by atoms with Gasteiger partial charge >= 0.3 is 6.18 Å². The van der Waals surface area contributed by atoms with Gasteiger partial charge in [-0.2, -0.15) is 13.2 Å². The van der Waals surface area contributed by atoms with Gasteiger partial charge in [0.05, 0.1) is 5.41 Å². The van der Waals surface area contributed by atoms with Gasteiger partial charge in [0, 0.05) is 42.4 Å². The molecule has 4 aliphatic rings. The van der Waals surface area contributed by atoms with E-state index in [1.807, 2.05) is 54.3 Å². The van der Waals surface area contributed by atoms with Gasteiger partial charge in [0.1, 0.15) is 18.4 Å². The summed E-state index contributed by atoms with van der Waals surface area (Å²) in [7, 11) is 0. The minimum absolute atomic E-state index is 0.131. The number of aromatic nitrogens is 1. The third kappa shape index (κ3) is 3.82. The summed E-state index contributed by atoms with van der Waals surface area (Å²) in [6, 6.07) is 10.0. The Bertz CT molecular complexity index is 1380. The van der Waals surface area contributed by atoms with Crippen molar-refractivity contribution in [2.24, 2.45) is 0 Å². The molecule has 1 aromatic carbocycles. The molecule has 38 heavy (non-hydrogen) atoms. The van der Waals surface area contributed by atoms with Crippen LogP contribution >= 0.6 is 0 Å². The summed E-state index contributed by atoms with van der Waals surface area (Å²) in [5.74, 6) is -0.354. The van der Waals surface area contributed by atoms with Crippen molar-refractivity contribution >= 4 is 17.6 Å². The Hall–Kier alpha value is -3.62. The number of anilines is 1. The summed E-state index contributed by atoms with van der Waals surface area (Å²) in [5, 5.41) is 2.90. The molecule has 1 fully saturated rings. The lowest BCUT2D eigenvalue weighted by Crippen LogP contribution is -2.59. The van der Waals surface area contributed by atoms with Gasteiger partial charge in [-0.15, -0.1) is 0 Å². The highest BCUT2D eigenvalue weighted by Crippen LogP contribution is 2.53. The van der Waals surface area contributed by atoms with E-state index in [0.29, 0.717) is 31.6 Å². The van der Waals surface area contributed by atoms with Gasteiger partial charge in [0.25, 0.3) is 0 Å². The first-order valence-corrected chi connectivity index (χ1v) is 12.9. The number of pyridine rings is 1. The SMILES string of the molecule is Cc1ccccc1[C@@H]1C[C@H](N2CC=CC3=C2C[C@]2(C3)C(=O)Nc3ncccc32)C(=O)N(CC(F)(F)F)[C@@H]1C. The molecular weight excluding hydrogens is 493 g/mol. The lowest BCUT2D eigenvalue weighted by Gasteiger charge is -2.48. The quantitative estimate of drug-likeness (QED) is 0.627. The number of halogens is 3. The summed E-state index contributed by atoms with van der Waals surface area (Å²) in [4.78, 5) is 34.3. The topological polar surface area (TPSA) is 65.5 Å². The maximum Gasteiger partial charge on any atom is 0.406 e. The number of carbonyl (C=O) groups is 2. The molecule has 198 valence electrons. The molecule has 2 amide bonds. The molecule has 1 aromatic heterocycles. The Morgan fingerprint density at radius 1 is 1.13 bits per heavy atom. The van der Waals surface area contributed by atoms with E-state index in [0.717, 1.165) is 32.9 Å². The number of hydrogen-bond donors (Lipinski definition) is 1. The number of amides is 2. The normalized spacial score (nSPS) is 28.7. The van der Waals surface area contributed by atoms with E-state index in [9.17, 15) is 22.8 Å². The first-order valence-electron chi connectivity index (χ1n) is 12.9. The van der Waals surface area contributed by atoms with Gasteiger partial charge in [-0.1, -0.05) is 42.5 Å². The molecule has 6 rings (SSSR count). The minimum atomic E-state index is -4.51. The second-order valence-corrected chi connectivity index (χ2v) is 10.9. The van der Waals surface area contributed by atoms with Crippen molar-refractivity contribution in [1.82, 2.24) is 14.8 Å². The number of alkyl halides is 3. The van der Waals surface area contributed by atoms with E-state index < -0.39 is 36.1 Å². The van der Waals surface area contributed by atoms with Gasteiger partial charge in [0.2, 0.25) is 11.8 Å². The highest BCUT2D eigenvalue weighted by atomic mass is 19.4. The number of likely N-dealkylation sites (tertiary alicyclic amines) is 1. The summed E-state index contributed by atoms with van der Waals surface area (Å²) in [6.45, 7) is 2.79. The monoisotopic (exact) mass is 522 g/mol. The molecule has 6 nitrogen and oxygen atoms in total. The van der Waals surface area contributed by atoms with Crippen molar-refractivity contribution in [3.05, 3.63) is 82.7 Å². The van der Waals surface area contributed by atoms with Crippen LogP contribution in [0.15, 0.2) is 66.0 Å². The zero-order chi connectivity index (χ0) is 26.8. The number of fused-ring (bicyclic) bond motifs is 2. The molecule has 0 saturated carbocycles. The van der Waals surface area contributed by atoms with Gasteiger partial charge in [0.15, 0.2) is 0 Å². The fraction of sp³-hybridized carbons (Fsp3) is 0.414. The molecule has 4 heterocycles. The van der Waals surface area contributed by atoms with Crippen LogP contribution < -0.4 is 5.32 Å². The first-order chi connectivity index (χ1) is 18.1. The number of rotatable bonds is 3. The number of allylic oxidation sites excluding steroid dienone is 3. The first kappa shape index (κ1) is 24.7. The van der Waals surface area contributed by atoms with Gasteiger partial charge in [-0.3, -0.25) is 9.59 Å². The molecule has 9 heteroatoms. The second-order valence-electron chi connectivity index (χ2n) is 10.9. The zero-order valence-corrected chi connectivity index (χ0v) is 21.3. The van der Waals surface area contributed by atoms with Crippen LogP contribution in [0.4, 0.5) is 19.0 Å². The average molecular weight is 523 g/mol. The van der Waals surface area contributed by atoms with Crippen LogP contribution in [0.25, 0.3) is 0 Å². The maximum atomic E-state index is 13.8. The van der Waals surface area contributed by atoms with Crippen molar-refractivity contribution in [2.75, 3.05) is 18.4 Å². The lowest BCUT2D eigenvalue weighted by atomic mass is 9.78. The zero-order valence-electron chi connectivity index (χ0n) is 21.3. The molecule has 1 spiro atoms. The summed E-state index contributed by atoms with van der Waals surface area (Å²) < 4.78 is 41.1. The van der Waals surface area contributed by atoms with E-state index in [2.05, 4.69) is 10.3 Å². The summed E-state index contributed by atoms with van der Waals surface area (Å²) in [6.07, 6.45) is 2.30. The average Bonchev–Trinajstić information content (AvgIpc) is 3.40. The smallest absolute Gasteiger partial charge is 0.359 e. The largest absolute Gasteiger partial charge is 0.406 e. The lowest BCUT2D eigenvalue weighted by molar-refractivity contribution is -0.173. The van der Waals surface area contributed by atoms with Crippen molar-refractivity contribution in [3.63, 3.8) is 0 Å². The van der Waals surface area contributed by atoms with Crippen LogP contribution in [-0.4, -0.2) is 57.9 Å². The summed E-state index contributed by atoms with van der Waals surface area (Å²) in [5.41, 5.74) is 3.77. The Labute approximate surface area is 219 Å². The van der Waals surface area contributed by atoms with E-state index in [-0.39, 0.29) is 11.8 Å².